The number of para-hydroxylation sites is 2. The molecule has 0 unspecified atom stereocenters. The quantitative estimate of drug-likeness (QED) is 0.743. The molecule has 112 valence electrons. The number of benzene rings is 1. The fraction of sp³-hybridized carbons (Fsp3) is 0.353. The van der Waals surface area contributed by atoms with Gasteiger partial charge in [-0.2, -0.15) is 4.98 Å². The Hall–Kier alpha value is -2.43. The van der Waals surface area contributed by atoms with E-state index in [0.717, 1.165) is 41.2 Å². The van der Waals surface area contributed by atoms with Crippen molar-refractivity contribution in [3.8, 4) is 11.8 Å². The van der Waals surface area contributed by atoms with Crippen LogP contribution in [0, 0.1) is 12.8 Å². The van der Waals surface area contributed by atoms with Gasteiger partial charge in [0.15, 0.2) is 0 Å². The Balaban J connectivity index is 1.71. The maximum atomic E-state index is 5.87. The molecule has 0 spiro atoms. The highest BCUT2D eigenvalue weighted by Crippen LogP contribution is 2.30. The van der Waals surface area contributed by atoms with Crippen LogP contribution in [0.4, 0.5) is 0 Å². The third-order valence-electron chi connectivity index (χ3n) is 4.21. The number of hydrogen-bond donors (Lipinski definition) is 0. The molecule has 1 aliphatic rings. The molecule has 2 heterocycles. The van der Waals surface area contributed by atoms with Crippen LogP contribution in [0.3, 0.4) is 0 Å². The fourth-order valence-electron chi connectivity index (χ4n) is 2.92. The Labute approximate surface area is 129 Å². The van der Waals surface area contributed by atoms with E-state index in [1.54, 1.807) is 6.33 Å². The second-order valence-corrected chi connectivity index (χ2v) is 6.08. The van der Waals surface area contributed by atoms with Crippen molar-refractivity contribution in [2.24, 2.45) is 5.92 Å². The molecule has 4 rings (SSSR count). The topological polar surface area (TPSA) is 52.8 Å². The van der Waals surface area contributed by atoms with Gasteiger partial charge in [0.05, 0.1) is 11.0 Å². The number of rotatable bonds is 3. The maximum absolute atomic E-state index is 5.87. The van der Waals surface area contributed by atoms with Gasteiger partial charge >= 0.3 is 6.01 Å². The summed E-state index contributed by atoms with van der Waals surface area (Å²) in [5.74, 6) is 1.57. The van der Waals surface area contributed by atoms with Crippen LogP contribution in [0.15, 0.2) is 36.8 Å². The number of aromatic nitrogens is 4. The van der Waals surface area contributed by atoms with Crippen molar-refractivity contribution in [3.05, 3.63) is 42.4 Å². The molecule has 5 heteroatoms. The largest absolute Gasteiger partial charge is 0.460 e. The molecule has 2 aromatic heterocycles. The van der Waals surface area contributed by atoms with E-state index >= 15 is 0 Å². The molecule has 0 saturated heterocycles. The summed E-state index contributed by atoms with van der Waals surface area (Å²) in [7, 11) is 0. The van der Waals surface area contributed by atoms with Crippen molar-refractivity contribution in [3.63, 3.8) is 0 Å². The molecule has 0 radical (unpaired) electrons. The molecular weight excluding hydrogens is 276 g/mol. The number of nitrogens with zero attached hydrogens (tertiary/aromatic N) is 4. The molecule has 22 heavy (non-hydrogen) atoms. The molecule has 0 amide bonds. The Bertz CT molecular complexity index is 820. The van der Waals surface area contributed by atoms with Crippen molar-refractivity contribution >= 4 is 11.0 Å². The highest BCUT2D eigenvalue weighted by Gasteiger charge is 2.28. The summed E-state index contributed by atoms with van der Waals surface area (Å²) in [5, 5.41) is 0. The highest BCUT2D eigenvalue weighted by molar-refractivity contribution is 5.77. The first-order chi connectivity index (χ1) is 10.7. The third kappa shape index (κ3) is 2.22. The molecule has 1 saturated carbocycles. The molecule has 5 nitrogen and oxygen atoms in total. The molecule has 0 bridgehead atoms. The van der Waals surface area contributed by atoms with Crippen LogP contribution in [0.25, 0.3) is 16.9 Å². The lowest BCUT2D eigenvalue weighted by atomic mass is 9.84. The first-order valence-electron chi connectivity index (χ1n) is 7.63. The molecule has 1 aliphatic carbocycles. The normalized spacial score (nSPS) is 20.8. The summed E-state index contributed by atoms with van der Waals surface area (Å²) in [5.41, 5.74) is 2.99. The van der Waals surface area contributed by atoms with Crippen molar-refractivity contribution in [2.75, 3.05) is 0 Å². The van der Waals surface area contributed by atoms with Gasteiger partial charge in [-0.25, -0.2) is 9.97 Å². The second kappa shape index (κ2) is 5.09. The summed E-state index contributed by atoms with van der Waals surface area (Å²) in [4.78, 5) is 13.3. The standard InChI is InChI=1S/C17H18N4O/c1-11-7-13(8-11)22-17-18-9-12(2)16(20-17)21-10-19-14-5-3-4-6-15(14)21/h3-6,9-11,13H,7-8H2,1-2H3. The Morgan fingerprint density at radius 1 is 1.18 bits per heavy atom. The number of aryl methyl sites for hydroxylation is 1. The molecular formula is C17H18N4O. The Kier molecular flexibility index (Phi) is 3.06. The smallest absolute Gasteiger partial charge is 0.318 e. The van der Waals surface area contributed by atoms with Crippen LogP contribution in [0.5, 0.6) is 6.01 Å². The van der Waals surface area contributed by atoms with Gasteiger partial charge in [0, 0.05) is 11.8 Å². The highest BCUT2D eigenvalue weighted by atomic mass is 16.5. The van der Waals surface area contributed by atoms with Gasteiger partial charge in [0.25, 0.3) is 0 Å². The average molecular weight is 294 g/mol. The van der Waals surface area contributed by atoms with Crippen molar-refractivity contribution in [1.82, 2.24) is 19.5 Å². The van der Waals surface area contributed by atoms with Gasteiger partial charge in [0.1, 0.15) is 18.2 Å². The lowest BCUT2D eigenvalue weighted by Gasteiger charge is -2.31. The second-order valence-electron chi connectivity index (χ2n) is 6.08. The van der Waals surface area contributed by atoms with E-state index in [-0.39, 0.29) is 6.10 Å². The number of hydrogen-bond acceptors (Lipinski definition) is 4. The zero-order valence-corrected chi connectivity index (χ0v) is 12.7. The van der Waals surface area contributed by atoms with Gasteiger partial charge in [-0.3, -0.25) is 4.57 Å². The summed E-state index contributed by atoms with van der Waals surface area (Å²) in [6.07, 6.45) is 6.04. The minimum atomic E-state index is 0.255. The van der Waals surface area contributed by atoms with E-state index in [9.17, 15) is 0 Å². The summed E-state index contributed by atoms with van der Waals surface area (Å²) in [6, 6.07) is 8.48. The SMILES string of the molecule is Cc1cnc(OC2CC(C)C2)nc1-n1cnc2ccccc21. The van der Waals surface area contributed by atoms with Gasteiger partial charge < -0.3 is 4.74 Å². The zero-order chi connectivity index (χ0) is 15.1. The Morgan fingerprint density at radius 2 is 2.00 bits per heavy atom. The summed E-state index contributed by atoms with van der Waals surface area (Å²) in [6.45, 7) is 4.23. The predicted molar refractivity (Wildman–Crippen MR) is 84.2 cm³/mol. The molecule has 0 atom stereocenters. The van der Waals surface area contributed by atoms with Crippen LogP contribution in [-0.2, 0) is 0 Å². The number of imidazole rings is 1. The van der Waals surface area contributed by atoms with Crippen LogP contribution >= 0.6 is 0 Å². The maximum Gasteiger partial charge on any atom is 0.318 e. The van der Waals surface area contributed by atoms with Crippen molar-refractivity contribution < 1.29 is 4.74 Å². The van der Waals surface area contributed by atoms with Crippen LogP contribution in [-0.4, -0.2) is 25.6 Å². The lowest BCUT2D eigenvalue weighted by molar-refractivity contribution is 0.0648. The van der Waals surface area contributed by atoms with E-state index in [1.807, 2.05) is 42.0 Å². The van der Waals surface area contributed by atoms with Crippen molar-refractivity contribution in [1.29, 1.82) is 0 Å². The third-order valence-corrected chi connectivity index (χ3v) is 4.21. The van der Waals surface area contributed by atoms with E-state index in [0.29, 0.717) is 6.01 Å². The molecule has 0 aliphatic heterocycles. The lowest BCUT2D eigenvalue weighted by Crippen LogP contribution is -2.32. The monoisotopic (exact) mass is 294 g/mol. The van der Waals surface area contributed by atoms with Gasteiger partial charge in [-0.1, -0.05) is 19.1 Å². The molecule has 0 N–H and O–H groups in total. The molecule has 1 fully saturated rings. The van der Waals surface area contributed by atoms with Crippen LogP contribution < -0.4 is 4.74 Å². The van der Waals surface area contributed by atoms with Crippen LogP contribution in [0.2, 0.25) is 0 Å². The molecule has 1 aromatic carbocycles. The van der Waals surface area contributed by atoms with E-state index < -0.39 is 0 Å². The predicted octanol–water partition coefficient (Wildman–Crippen LogP) is 3.30. The summed E-state index contributed by atoms with van der Waals surface area (Å²) >= 11 is 0. The van der Waals surface area contributed by atoms with Gasteiger partial charge in [0.2, 0.25) is 0 Å². The minimum Gasteiger partial charge on any atom is -0.460 e. The van der Waals surface area contributed by atoms with Gasteiger partial charge in [-0.05, 0) is 37.8 Å². The Morgan fingerprint density at radius 3 is 2.82 bits per heavy atom. The van der Waals surface area contributed by atoms with Crippen molar-refractivity contribution in [2.45, 2.75) is 32.8 Å². The average Bonchev–Trinajstić information content (AvgIpc) is 2.91. The summed E-state index contributed by atoms with van der Waals surface area (Å²) < 4.78 is 7.86. The zero-order valence-electron chi connectivity index (χ0n) is 12.7. The van der Waals surface area contributed by atoms with E-state index in [2.05, 4.69) is 21.9 Å². The van der Waals surface area contributed by atoms with E-state index in [4.69, 9.17) is 4.74 Å². The number of fused-ring (bicyclic) bond motifs is 1. The van der Waals surface area contributed by atoms with Crippen LogP contribution in [0.1, 0.15) is 25.3 Å². The van der Waals surface area contributed by atoms with Gasteiger partial charge in [-0.15, -0.1) is 0 Å². The first-order valence-corrected chi connectivity index (χ1v) is 7.63. The first kappa shape index (κ1) is 13.2. The fourth-order valence-corrected chi connectivity index (χ4v) is 2.92. The molecule has 3 aromatic rings. The minimum absolute atomic E-state index is 0.255. The van der Waals surface area contributed by atoms with E-state index in [1.165, 1.54) is 0 Å². The number of ether oxygens (including phenoxy) is 1.